The lowest BCUT2D eigenvalue weighted by atomic mass is 10.1. The van der Waals surface area contributed by atoms with Crippen LogP contribution in [0.15, 0.2) is 42.5 Å². The number of hydrogen-bond donors (Lipinski definition) is 2. The zero-order valence-electron chi connectivity index (χ0n) is 11.7. The summed E-state index contributed by atoms with van der Waals surface area (Å²) >= 11 is 0. The maximum Gasteiger partial charge on any atom is 0.342 e. The van der Waals surface area contributed by atoms with E-state index in [1.54, 1.807) is 36.4 Å². The number of aromatic hydroxyl groups is 1. The molecule has 0 unspecified atom stereocenters. The maximum absolute atomic E-state index is 12.1. The van der Waals surface area contributed by atoms with Gasteiger partial charge in [0, 0.05) is 0 Å². The van der Waals surface area contributed by atoms with E-state index >= 15 is 0 Å². The van der Waals surface area contributed by atoms with Crippen molar-refractivity contribution in [2.75, 3.05) is 12.3 Å². The molecular weight excluding hydrogens is 270 g/mol. The van der Waals surface area contributed by atoms with Crippen molar-refractivity contribution in [3.63, 3.8) is 0 Å². The standard InChI is InChI=1S/C16H17NO4/c1-2-20-15-13(7-4-8-14(15)17)16(19)21-10-11-5-3-6-12(18)9-11/h3-9,18H,2,10,17H2,1H3. The number of benzene rings is 2. The molecule has 2 aromatic rings. The molecule has 0 saturated carbocycles. The summed E-state index contributed by atoms with van der Waals surface area (Å²) in [4.78, 5) is 12.1. The summed E-state index contributed by atoms with van der Waals surface area (Å²) in [5, 5.41) is 9.37. The third kappa shape index (κ3) is 3.66. The van der Waals surface area contributed by atoms with Crippen LogP contribution in [0.25, 0.3) is 0 Å². The molecule has 0 radical (unpaired) electrons. The molecule has 0 aliphatic heterocycles. The van der Waals surface area contributed by atoms with Gasteiger partial charge < -0.3 is 20.3 Å². The molecule has 0 saturated heterocycles. The van der Waals surface area contributed by atoms with E-state index in [0.717, 1.165) is 0 Å². The summed E-state index contributed by atoms with van der Waals surface area (Å²) in [6.45, 7) is 2.28. The van der Waals surface area contributed by atoms with Crippen molar-refractivity contribution in [1.82, 2.24) is 0 Å². The first-order valence-corrected chi connectivity index (χ1v) is 6.58. The van der Waals surface area contributed by atoms with E-state index in [1.165, 1.54) is 6.07 Å². The highest BCUT2D eigenvalue weighted by Gasteiger charge is 2.16. The summed E-state index contributed by atoms with van der Waals surface area (Å²) in [5.41, 5.74) is 7.19. The first kappa shape index (κ1) is 14.7. The topological polar surface area (TPSA) is 81.8 Å². The first-order chi connectivity index (χ1) is 10.1. The first-order valence-electron chi connectivity index (χ1n) is 6.58. The van der Waals surface area contributed by atoms with E-state index in [1.807, 2.05) is 6.92 Å². The lowest BCUT2D eigenvalue weighted by Crippen LogP contribution is -2.09. The number of phenolic OH excluding ortho intramolecular Hbond substituents is 1. The van der Waals surface area contributed by atoms with Crippen LogP contribution in [0.3, 0.4) is 0 Å². The third-order valence-corrected chi connectivity index (χ3v) is 2.83. The molecule has 0 spiro atoms. The Kier molecular flexibility index (Phi) is 4.66. The molecule has 0 aromatic heterocycles. The number of carbonyl (C=O) groups excluding carboxylic acids is 1. The van der Waals surface area contributed by atoms with Crippen molar-refractivity contribution in [2.24, 2.45) is 0 Å². The summed E-state index contributed by atoms with van der Waals surface area (Å²) in [7, 11) is 0. The van der Waals surface area contributed by atoms with Gasteiger partial charge in [0.1, 0.15) is 17.9 Å². The minimum Gasteiger partial charge on any atom is -0.508 e. The van der Waals surface area contributed by atoms with Crippen LogP contribution in [-0.2, 0) is 11.3 Å². The Morgan fingerprint density at radius 3 is 2.71 bits per heavy atom. The van der Waals surface area contributed by atoms with Crippen LogP contribution in [0.2, 0.25) is 0 Å². The lowest BCUT2D eigenvalue weighted by Gasteiger charge is -2.12. The van der Waals surface area contributed by atoms with Crippen molar-refractivity contribution in [2.45, 2.75) is 13.5 Å². The molecular formula is C16H17NO4. The number of anilines is 1. The van der Waals surface area contributed by atoms with Crippen LogP contribution in [0.4, 0.5) is 5.69 Å². The molecule has 0 amide bonds. The van der Waals surface area contributed by atoms with E-state index < -0.39 is 5.97 Å². The molecule has 0 aliphatic rings. The molecule has 0 heterocycles. The van der Waals surface area contributed by atoms with Gasteiger partial charge in [-0.1, -0.05) is 18.2 Å². The fraction of sp³-hybridized carbons (Fsp3) is 0.188. The highest BCUT2D eigenvalue weighted by atomic mass is 16.5. The van der Waals surface area contributed by atoms with E-state index in [9.17, 15) is 9.90 Å². The van der Waals surface area contributed by atoms with Crippen LogP contribution in [0, 0.1) is 0 Å². The van der Waals surface area contributed by atoms with Gasteiger partial charge >= 0.3 is 5.97 Å². The van der Waals surface area contributed by atoms with Crippen molar-refractivity contribution in [1.29, 1.82) is 0 Å². The van der Waals surface area contributed by atoms with E-state index in [-0.39, 0.29) is 17.9 Å². The molecule has 5 nitrogen and oxygen atoms in total. The molecule has 0 fully saturated rings. The van der Waals surface area contributed by atoms with E-state index in [2.05, 4.69) is 0 Å². The van der Waals surface area contributed by atoms with Crippen molar-refractivity contribution < 1.29 is 19.4 Å². The highest BCUT2D eigenvalue weighted by molar-refractivity contribution is 5.94. The van der Waals surface area contributed by atoms with Crippen LogP contribution in [-0.4, -0.2) is 17.7 Å². The van der Waals surface area contributed by atoms with Gasteiger partial charge in [-0.3, -0.25) is 0 Å². The molecule has 2 aromatic carbocycles. The molecule has 5 heteroatoms. The Morgan fingerprint density at radius 2 is 2.00 bits per heavy atom. The minimum atomic E-state index is -0.519. The zero-order chi connectivity index (χ0) is 15.2. The number of phenols is 1. The van der Waals surface area contributed by atoms with Crippen LogP contribution in [0.5, 0.6) is 11.5 Å². The number of rotatable bonds is 5. The third-order valence-electron chi connectivity index (χ3n) is 2.83. The van der Waals surface area contributed by atoms with Gasteiger partial charge in [-0.05, 0) is 36.8 Å². The molecule has 0 bridgehead atoms. The monoisotopic (exact) mass is 287 g/mol. The molecule has 0 atom stereocenters. The molecule has 110 valence electrons. The minimum absolute atomic E-state index is 0.0631. The Bertz CT molecular complexity index is 640. The maximum atomic E-state index is 12.1. The van der Waals surface area contributed by atoms with Gasteiger partial charge in [0.25, 0.3) is 0 Å². The van der Waals surface area contributed by atoms with Crippen molar-refractivity contribution in [3.05, 3.63) is 53.6 Å². The predicted octanol–water partition coefficient (Wildman–Crippen LogP) is 2.73. The van der Waals surface area contributed by atoms with Gasteiger partial charge in [-0.25, -0.2) is 4.79 Å². The molecule has 3 N–H and O–H groups in total. The molecule has 0 aliphatic carbocycles. The molecule has 2 rings (SSSR count). The van der Waals surface area contributed by atoms with Gasteiger partial charge in [0.05, 0.1) is 12.3 Å². The molecule has 21 heavy (non-hydrogen) atoms. The number of hydrogen-bond acceptors (Lipinski definition) is 5. The SMILES string of the molecule is CCOc1c(N)cccc1C(=O)OCc1cccc(O)c1. The average molecular weight is 287 g/mol. The second-order valence-corrected chi connectivity index (χ2v) is 4.40. The Labute approximate surface area is 122 Å². The quantitative estimate of drug-likeness (QED) is 0.652. The van der Waals surface area contributed by atoms with Crippen LogP contribution in [0.1, 0.15) is 22.8 Å². The summed E-state index contributed by atoms with van der Waals surface area (Å²) < 4.78 is 10.6. The normalized spacial score (nSPS) is 10.1. The predicted molar refractivity (Wildman–Crippen MR) is 79.2 cm³/mol. The average Bonchev–Trinajstić information content (AvgIpc) is 2.47. The van der Waals surface area contributed by atoms with E-state index in [4.69, 9.17) is 15.2 Å². The lowest BCUT2D eigenvalue weighted by molar-refractivity contribution is 0.0468. The van der Waals surface area contributed by atoms with Gasteiger partial charge in [0.15, 0.2) is 5.75 Å². The van der Waals surface area contributed by atoms with Crippen molar-refractivity contribution in [3.8, 4) is 11.5 Å². The summed E-state index contributed by atoms with van der Waals surface area (Å²) in [6, 6.07) is 11.5. The number of para-hydroxylation sites is 1. The number of carbonyl (C=O) groups is 1. The van der Waals surface area contributed by atoms with Crippen LogP contribution < -0.4 is 10.5 Å². The van der Waals surface area contributed by atoms with Gasteiger partial charge in [0.2, 0.25) is 0 Å². The number of nitrogens with two attached hydrogens (primary N) is 1. The van der Waals surface area contributed by atoms with E-state index in [0.29, 0.717) is 23.6 Å². The summed E-state index contributed by atoms with van der Waals surface area (Å²) in [6.07, 6.45) is 0. The van der Waals surface area contributed by atoms with Crippen molar-refractivity contribution >= 4 is 11.7 Å². The largest absolute Gasteiger partial charge is 0.508 e. The fourth-order valence-corrected chi connectivity index (χ4v) is 1.89. The zero-order valence-corrected chi connectivity index (χ0v) is 11.7. The highest BCUT2D eigenvalue weighted by Crippen LogP contribution is 2.27. The second kappa shape index (κ2) is 6.65. The number of nitrogen functional groups attached to an aromatic ring is 1. The van der Waals surface area contributed by atoms with Crippen LogP contribution >= 0.6 is 0 Å². The van der Waals surface area contributed by atoms with Gasteiger partial charge in [-0.2, -0.15) is 0 Å². The number of esters is 1. The Balaban J connectivity index is 2.12. The Morgan fingerprint density at radius 1 is 1.24 bits per heavy atom. The smallest absolute Gasteiger partial charge is 0.342 e. The fourth-order valence-electron chi connectivity index (χ4n) is 1.89. The summed E-state index contributed by atoms with van der Waals surface area (Å²) in [5.74, 6) is -0.0579. The van der Waals surface area contributed by atoms with Gasteiger partial charge in [-0.15, -0.1) is 0 Å². The number of ether oxygens (including phenoxy) is 2. The Hall–Kier alpha value is -2.69. The second-order valence-electron chi connectivity index (χ2n) is 4.40.